The van der Waals surface area contributed by atoms with Gasteiger partial charge in [-0.3, -0.25) is 4.79 Å². The Kier molecular flexibility index (Phi) is 7.83. The molecule has 0 radical (unpaired) electrons. The first kappa shape index (κ1) is 24.9. The Morgan fingerprint density at radius 3 is 2.34 bits per heavy atom. The predicted octanol–water partition coefficient (Wildman–Crippen LogP) is 4.43. The lowest BCUT2D eigenvalue weighted by Gasteiger charge is -2.31. The zero-order valence-corrected chi connectivity index (χ0v) is 20.4. The maximum absolute atomic E-state index is 13.0. The molecule has 0 spiro atoms. The average molecular weight is 497 g/mol. The average Bonchev–Trinajstić information content (AvgIpc) is 2.88. The monoisotopic (exact) mass is 496 g/mol. The number of carbonyl (C=O) groups is 1. The van der Waals surface area contributed by atoms with E-state index < -0.39 is 10.0 Å². The molecule has 0 aromatic heterocycles. The van der Waals surface area contributed by atoms with Crippen LogP contribution in [0.1, 0.15) is 29.5 Å². The number of nitrogens with zero attached hydrogens (tertiary/aromatic N) is 1. The third-order valence-electron chi connectivity index (χ3n) is 6.12. The van der Waals surface area contributed by atoms with E-state index in [2.05, 4.69) is 5.32 Å². The van der Waals surface area contributed by atoms with Gasteiger partial charge in [-0.25, -0.2) is 12.8 Å². The third-order valence-corrected chi connectivity index (χ3v) is 8.00. The van der Waals surface area contributed by atoms with Crippen LogP contribution in [0.2, 0.25) is 0 Å². The maximum Gasteiger partial charge on any atom is 0.243 e. The van der Waals surface area contributed by atoms with Crippen molar-refractivity contribution in [1.29, 1.82) is 0 Å². The van der Waals surface area contributed by atoms with Crippen LogP contribution < -0.4 is 10.1 Å². The third kappa shape index (κ3) is 6.46. The summed E-state index contributed by atoms with van der Waals surface area (Å²) < 4.78 is 46.1. The van der Waals surface area contributed by atoms with Crippen LogP contribution in [0.3, 0.4) is 0 Å². The lowest BCUT2D eigenvalue weighted by molar-refractivity contribution is -0.126. The first-order valence-electron chi connectivity index (χ1n) is 11.6. The van der Waals surface area contributed by atoms with Gasteiger partial charge in [0.1, 0.15) is 18.2 Å². The number of amides is 1. The number of rotatable bonds is 8. The standard InChI is InChI=1S/C27H29FN2O4S/c1-20-4-14-26(15-5-20)35(32,33)30-16-2-3-23(18-30)27(31)29-17-21-8-12-25(13-9-21)34-19-22-6-10-24(28)11-7-22/h4-15,23H,2-3,16-19H2,1H3,(H,29,31). The molecule has 6 nitrogen and oxygen atoms in total. The molecule has 8 heteroatoms. The molecular formula is C27H29FN2O4S. The summed E-state index contributed by atoms with van der Waals surface area (Å²) in [4.78, 5) is 13.0. The second kappa shape index (κ2) is 11.0. The fourth-order valence-corrected chi connectivity index (χ4v) is 5.54. The predicted molar refractivity (Wildman–Crippen MR) is 132 cm³/mol. The summed E-state index contributed by atoms with van der Waals surface area (Å²) in [6, 6.07) is 20.3. The summed E-state index contributed by atoms with van der Waals surface area (Å²) in [6.07, 6.45) is 1.30. The number of piperidine rings is 1. The normalized spacial score (nSPS) is 16.6. The molecule has 1 atom stereocenters. The molecule has 1 unspecified atom stereocenters. The number of halogens is 1. The van der Waals surface area contributed by atoms with Crippen LogP contribution in [0.5, 0.6) is 5.75 Å². The van der Waals surface area contributed by atoms with E-state index in [1.165, 1.54) is 16.4 Å². The largest absolute Gasteiger partial charge is 0.489 e. The molecule has 1 aliphatic heterocycles. The number of nitrogens with one attached hydrogen (secondary N) is 1. The summed E-state index contributed by atoms with van der Waals surface area (Å²) in [5.74, 6) is -0.143. The molecule has 4 rings (SSSR count). The Morgan fingerprint density at radius 1 is 1.00 bits per heavy atom. The van der Waals surface area contributed by atoms with Crippen LogP contribution in [-0.2, 0) is 28.0 Å². The number of benzene rings is 3. The summed E-state index contributed by atoms with van der Waals surface area (Å²) in [6.45, 7) is 3.18. The van der Waals surface area contributed by atoms with E-state index in [4.69, 9.17) is 4.74 Å². The summed E-state index contributed by atoms with van der Waals surface area (Å²) >= 11 is 0. The van der Waals surface area contributed by atoms with Crippen molar-refractivity contribution in [2.45, 2.75) is 37.8 Å². The van der Waals surface area contributed by atoms with E-state index in [1.807, 2.05) is 31.2 Å². The van der Waals surface area contributed by atoms with Crippen LogP contribution in [0, 0.1) is 18.7 Å². The molecule has 1 saturated heterocycles. The van der Waals surface area contributed by atoms with Crippen molar-refractivity contribution >= 4 is 15.9 Å². The highest BCUT2D eigenvalue weighted by molar-refractivity contribution is 7.89. The first-order chi connectivity index (χ1) is 16.8. The Hall–Kier alpha value is -3.23. The number of aryl methyl sites for hydroxylation is 1. The van der Waals surface area contributed by atoms with E-state index in [-0.39, 0.29) is 29.1 Å². The molecule has 1 fully saturated rings. The number of hydrogen-bond donors (Lipinski definition) is 1. The van der Waals surface area contributed by atoms with Crippen LogP contribution in [0.15, 0.2) is 77.7 Å². The highest BCUT2D eigenvalue weighted by atomic mass is 32.2. The molecule has 184 valence electrons. The van der Waals surface area contributed by atoms with E-state index >= 15 is 0 Å². The molecule has 1 aliphatic rings. The van der Waals surface area contributed by atoms with Crippen molar-refractivity contribution in [3.63, 3.8) is 0 Å². The zero-order valence-electron chi connectivity index (χ0n) is 19.6. The minimum Gasteiger partial charge on any atom is -0.489 e. The van der Waals surface area contributed by atoms with Crippen LogP contribution >= 0.6 is 0 Å². The van der Waals surface area contributed by atoms with Gasteiger partial charge in [0, 0.05) is 19.6 Å². The van der Waals surface area contributed by atoms with Crippen molar-refractivity contribution in [3.8, 4) is 5.75 Å². The second-order valence-electron chi connectivity index (χ2n) is 8.79. The minimum absolute atomic E-state index is 0.148. The van der Waals surface area contributed by atoms with Crippen LogP contribution in [0.4, 0.5) is 4.39 Å². The van der Waals surface area contributed by atoms with Gasteiger partial charge in [-0.1, -0.05) is 42.0 Å². The molecule has 1 heterocycles. The van der Waals surface area contributed by atoms with Gasteiger partial charge in [0.2, 0.25) is 15.9 Å². The Morgan fingerprint density at radius 2 is 1.66 bits per heavy atom. The van der Waals surface area contributed by atoms with E-state index in [9.17, 15) is 17.6 Å². The fourth-order valence-electron chi connectivity index (χ4n) is 4.02. The van der Waals surface area contributed by atoms with Crippen molar-refractivity contribution in [1.82, 2.24) is 9.62 Å². The number of sulfonamides is 1. The lowest BCUT2D eigenvalue weighted by atomic mass is 9.99. The van der Waals surface area contributed by atoms with E-state index in [1.54, 1.807) is 36.4 Å². The quantitative estimate of drug-likeness (QED) is 0.501. The van der Waals surface area contributed by atoms with E-state index in [0.29, 0.717) is 38.3 Å². The van der Waals surface area contributed by atoms with Crippen LogP contribution in [-0.4, -0.2) is 31.7 Å². The number of hydrogen-bond acceptors (Lipinski definition) is 4. The number of carbonyl (C=O) groups excluding carboxylic acids is 1. The first-order valence-corrected chi connectivity index (χ1v) is 13.1. The van der Waals surface area contributed by atoms with Crippen molar-refractivity contribution in [3.05, 3.63) is 95.3 Å². The molecule has 0 bridgehead atoms. The minimum atomic E-state index is -3.62. The summed E-state index contributed by atoms with van der Waals surface area (Å²) in [7, 11) is -3.62. The van der Waals surface area contributed by atoms with Gasteiger partial charge in [0.15, 0.2) is 0 Å². The van der Waals surface area contributed by atoms with Gasteiger partial charge in [-0.15, -0.1) is 0 Å². The van der Waals surface area contributed by atoms with Gasteiger partial charge in [0.25, 0.3) is 0 Å². The van der Waals surface area contributed by atoms with E-state index in [0.717, 1.165) is 16.7 Å². The van der Waals surface area contributed by atoms with Crippen molar-refractivity contribution in [2.75, 3.05) is 13.1 Å². The highest BCUT2D eigenvalue weighted by Crippen LogP contribution is 2.24. The summed E-state index contributed by atoms with van der Waals surface area (Å²) in [5.41, 5.74) is 2.77. The lowest BCUT2D eigenvalue weighted by Crippen LogP contribution is -2.45. The molecule has 3 aromatic rings. The molecular weight excluding hydrogens is 467 g/mol. The zero-order chi connectivity index (χ0) is 24.8. The molecule has 0 aliphatic carbocycles. The maximum atomic E-state index is 13.0. The molecule has 1 amide bonds. The second-order valence-corrected chi connectivity index (χ2v) is 10.7. The van der Waals surface area contributed by atoms with Gasteiger partial charge in [-0.2, -0.15) is 4.31 Å². The molecule has 1 N–H and O–H groups in total. The van der Waals surface area contributed by atoms with Crippen LogP contribution in [0.25, 0.3) is 0 Å². The number of ether oxygens (including phenoxy) is 1. The Balaban J connectivity index is 1.28. The SMILES string of the molecule is Cc1ccc(S(=O)(=O)N2CCCC(C(=O)NCc3ccc(OCc4ccc(F)cc4)cc3)C2)cc1. The van der Waals surface area contributed by atoms with Gasteiger partial charge in [-0.05, 0) is 67.3 Å². The Labute approximate surface area is 205 Å². The smallest absolute Gasteiger partial charge is 0.243 e. The van der Waals surface area contributed by atoms with Gasteiger partial charge in [0.05, 0.1) is 10.8 Å². The molecule has 0 saturated carbocycles. The van der Waals surface area contributed by atoms with Crippen molar-refractivity contribution < 1.29 is 22.3 Å². The van der Waals surface area contributed by atoms with Gasteiger partial charge < -0.3 is 10.1 Å². The van der Waals surface area contributed by atoms with Crippen molar-refractivity contribution in [2.24, 2.45) is 5.92 Å². The summed E-state index contributed by atoms with van der Waals surface area (Å²) in [5, 5.41) is 2.93. The topological polar surface area (TPSA) is 75.7 Å². The Bertz CT molecular complexity index is 1240. The molecule has 3 aromatic carbocycles. The fraction of sp³-hybridized carbons (Fsp3) is 0.296. The van der Waals surface area contributed by atoms with Gasteiger partial charge >= 0.3 is 0 Å². The molecule has 35 heavy (non-hydrogen) atoms. The highest BCUT2D eigenvalue weighted by Gasteiger charge is 2.33.